The maximum absolute atomic E-state index is 6.20. The Morgan fingerprint density at radius 1 is 1.11 bits per heavy atom. The highest BCUT2D eigenvalue weighted by Gasteiger charge is 2.14. The molecule has 0 aliphatic heterocycles. The Morgan fingerprint density at radius 2 is 1.94 bits per heavy atom. The average molecular weight is 278 g/mol. The maximum Gasteiger partial charge on any atom is 0.170 e. The monoisotopic (exact) mass is 277 g/mol. The molecule has 0 amide bonds. The lowest BCUT2D eigenvalue weighted by Crippen LogP contribution is -1.81. The number of aryl methyl sites for hydroxylation is 1. The molecule has 0 aliphatic rings. The molecule has 1 aromatic heterocycles. The third-order valence-corrected chi connectivity index (χ3v) is 3.43. The number of halogens is 2. The van der Waals surface area contributed by atoms with Crippen LogP contribution in [0, 0.1) is 6.92 Å². The third-order valence-electron chi connectivity index (χ3n) is 2.88. The molecule has 3 rings (SSSR count). The summed E-state index contributed by atoms with van der Waals surface area (Å²) in [5.41, 5.74) is 3.41. The molecule has 2 aromatic carbocycles. The molecule has 0 atom stereocenters. The lowest BCUT2D eigenvalue weighted by molar-refractivity contribution is 0.458. The summed E-state index contributed by atoms with van der Waals surface area (Å²) >= 11 is 12.1. The molecule has 0 radical (unpaired) electrons. The first-order valence-electron chi connectivity index (χ1n) is 5.47. The minimum Gasteiger partial charge on any atom is -0.355 e. The van der Waals surface area contributed by atoms with Crippen LogP contribution in [0.5, 0.6) is 0 Å². The molecule has 4 heteroatoms. The molecule has 0 saturated heterocycles. The minimum absolute atomic E-state index is 0.569. The van der Waals surface area contributed by atoms with E-state index in [4.69, 9.17) is 27.7 Å². The molecular weight excluding hydrogens is 269 g/mol. The van der Waals surface area contributed by atoms with Gasteiger partial charge in [-0.15, -0.1) is 0 Å². The van der Waals surface area contributed by atoms with Gasteiger partial charge >= 0.3 is 0 Å². The van der Waals surface area contributed by atoms with E-state index in [1.54, 1.807) is 12.1 Å². The van der Waals surface area contributed by atoms with Gasteiger partial charge in [0.05, 0.1) is 10.4 Å². The molecule has 0 unspecified atom stereocenters. The van der Waals surface area contributed by atoms with Crippen molar-refractivity contribution >= 4 is 34.2 Å². The molecular formula is C14H9Cl2NO. The molecule has 18 heavy (non-hydrogen) atoms. The standard InChI is InChI=1S/C14H9Cl2NO/c1-8-3-2-4-11-13(17-18-14(8)11)10-6-5-9(15)7-12(10)16/h2-7H,1H3. The first kappa shape index (κ1) is 11.6. The predicted octanol–water partition coefficient (Wildman–Crippen LogP) is 5.11. The Morgan fingerprint density at radius 3 is 2.72 bits per heavy atom. The minimum atomic E-state index is 0.569. The Bertz CT molecular complexity index is 734. The molecule has 90 valence electrons. The molecule has 1 heterocycles. The summed E-state index contributed by atoms with van der Waals surface area (Å²) in [7, 11) is 0. The summed E-state index contributed by atoms with van der Waals surface area (Å²) in [6.45, 7) is 1.99. The van der Waals surface area contributed by atoms with Crippen molar-refractivity contribution < 1.29 is 4.52 Å². The topological polar surface area (TPSA) is 26.0 Å². The molecule has 0 aliphatic carbocycles. The summed E-state index contributed by atoms with van der Waals surface area (Å²) in [5.74, 6) is 0. The summed E-state index contributed by atoms with van der Waals surface area (Å²) in [6, 6.07) is 11.3. The van der Waals surface area contributed by atoms with Gasteiger partial charge in [-0.2, -0.15) is 0 Å². The molecule has 0 spiro atoms. The van der Waals surface area contributed by atoms with Gasteiger partial charge in [0.15, 0.2) is 5.58 Å². The average Bonchev–Trinajstić information content (AvgIpc) is 2.74. The van der Waals surface area contributed by atoms with Gasteiger partial charge in [-0.1, -0.05) is 40.5 Å². The van der Waals surface area contributed by atoms with Crippen LogP contribution in [0.1, 0.15) is 5.56 Å². The zero-order valence-electron chi connectivity index (χ0n) is 9.58. The van der Waals surface area contributed by atoms with Crippen molar-refractivity contribution in [2.45, 2.75) is 6.92 Å². The van der Waals surface area contributed by atoms with Crippen molar-refractivity contribution in [3.05, 3.63) is 52.0 Å². The number of fused-ring (bicyclic) bond motifs is 1. The first-order valence-corrected chi connectivity index (χ1v) is 6.23. The Balaban J connectivity index is 2.29. The van der Waals surface area contributed by atoms with Crippen molar-refractivity contribution in [2.75, 3.05) is 0 Å². The summed E-state index contributed by atoms with van der Waals surface area (Å²) in [4.78, 5) is 0. The van der Waals surface area contributed by atoms with E-state index in [0.717, 1.165) is 27.8 Å². The van der Waals surface area contributed by atoms with Crippen molar-refractivity contribution in [3.63, 3.8) is 0 Å². The van der Waals surface area contributed by atoms with E-state index in [0.29, 0.717) is 10.0 Å². The van der Waals surface area contributed by atoms with Crippen LogP contribution in [0.3, 0.4) is 0 Å². The number of benzene rings is 2. The highest BCUT2D eigenvalue weighted by molar-refractivity contribution is 6.36. The Hall–Kier alpha value is -1.51. The Kier molecular flexibility index (Phi) is 2.77. The predicted molar refractivity (Wildman–Crippen MR) is 74.2 cm³/mol. The van der Waals surface area contributed by atoms with Gasteiger partial charge in [0.1, 0.15) is 5.69 Å². The van der Waals surface area contributed by atoms with Crippen LogP contribution in [0.15, 0.2) is 40.9 Å². The largest absolute Gasteiger partial charge is 0.355 e. The van der Waals surface area contributed by atoms with Crippen LogP contribution in [0.2, 0.25) is 10.0 Å². The van der Waals surface area contributed by atoms with Gasteiger partial charge in [0.25, 0.3) is 0 Å². The van der Waals surface area contributed by atoms with Crippen LogP contribution in [-0.2, 0) is 0 Å². The van der Waals surface area contributed by atoms with Crippen molar-refractivity contribution in [1.29, 1.82) is 0 Å². The van der Waals surface area contributed by atoms with E-state index < -0.39 is 0 Å². The van der Waals surface area contributed by atoms with Gasteiger partial charge in [-0.05, 0) is 36.8 Å². The lowest BCUT2D eigenvalue weighted by atomic mass is 10.1. The number of aromatic nitrogens is 1. The number of rotatable bonds is 1. The zero-order valence-corrected chi connectivity index (χ0v) is 11.1. The van der Waals surface area contributed by atoms with Crippen molar-refractivity contribution in [1.82, 2.24) is 5.16 Å². The van der Waals surface area contributed by atoms with Gasteiger partial charge in [-0.25, -0.2) is 0 Å². The number of hydrogen-bond donors (Lipinski definition) is 0. The SMILES string of the molecule is Cc1cccc2c(-c3ccc(Cl)cc3Cl)noc12. The summed E-state index contributed by atoms with van der Waals surface area (Å²) in [5, 5.41) is 6.25. The molecule has 0 bridgehead atoms. The number of para-hydroxylation sites is 1. The highest BCUT2D eigenvalue weighted by atomic mass is 35.5. The highest BCUT2D eigenvalue weighted by Crippen LogP contribution is 2.34. The quantitative estimate of drug-likeness (QED) is 0.618. The first-order chi connectivity index (χ1) is 8.66. The van der Waals surface area contributed by atoms with Crippen molar-refractivity contribution in [2.24, 2.45) is 0 Å². The molecule has 3 aromatic rings. The van der Waals surface area contributed by atoms with Crippen LogP contribution in [-0.4, -0.2) is 5.16 Å². The molecule has 2 nitrogen and oxygen atoms in total. The van der Waals surface area contributed by atoms with E-state index in [9.17, 15) is 0 Å². The van der Waals surface area contributed by atoms with E-state index in [1.807, 2.05) is 31.2 Å². The van der Waals surface area contributed by atoms with E-state index in [-0.39, 0.29) is 0 Å². The van der Waals surface area contributed by atoms with Gasteiger partial charge in [0.2, 0.25) is 0 Å². The molecule has 0 N–H and O–H groups in total. The smallest absolute Gasteiger partial charge is 0.170 e. The number of nitrogens with zero attached hydrogens (tertiary/aromatic N) is 1. The maximum atomic E-state index is 6.20. The van der Waals surface area contributed by atoms with E-state index in [1.165, 1.54) is 0 Å². The fourth-order valence-electron chi connectivity index (χ4n) is 1.98. The summed E-state index contributed by atoms with van der Waals surface area (Å²) in [6.07, 6.45) is 0. The fourth-order valence-corrected chi connectivity index (χ4v) is 2.47. The molecule has 0 fully saturated rings. The second-order valence-electron chi connectivity index (χ2n) is 4.11. The number of hydrogen-bond acceptors (Lipinski definition) is 2. The second kappa shape index (κ2) is 4.30. The van der Waals surface area contributed by atoms with Gasteiger partial charge in [0, 0.05) is 10.6 Å². The Labute approximate surface area is 114 Å². The van der Waals surface area contributed by atoms with E-state index >= 15 is 0 Å². The molecule has 0 saturated carbocycles. The van der Waals surface area contributed by atoms with Crippen LogP contribution in [0.25, 0.3) is 22.2 Å². The zero-order chi connectivity index (χ0) is 12.7. The van der Waals surface area contributed by atoms with Crippen molar-refractivity contribution in [3.8, 4) is 11.3 Å². The summed E-state index contributed by atoms with van der Waals surface area (Å²) < 4.78 is 5.38. The second-order valence-corrected chi connectivity index (χ2v) is 4.95. The van der Waals surface area contributed by atoms with Crippen LogP contribution < -0.4 is 0 Å². The normalized spacial score (nSPS) is 11.1. The third kappa shape index (κ3) is 1.78. The lowest BCUT2D eigenvalue weighted by Gasteiger charge is -2.01. The van der Waals surface area contributed by atoms with Gasteiger partial charge < -0.3 is 4.52 Å². The van der Waals surface area contributed by atoms with Crippen LogP contribution in [0.4, 0.5) is 0 Å². The van der Waals surface area contributed by atoms with Crippen LogP contribution >= 0.6 is 23.2 Å². The van der Waals surface area contributed by atoms with Gasteiger partial charge in [-0.3, -0.25) is 0 Å². The fraction of sp³-hybridized carbons (Fsp3) is 0.0714. The van der Waals surface area contributed by atoms with E-state index in [2.05, 4.69) is 5.16 Å².